The quantitative estimate of drug-likeness (QED) is 0.120. The molecule has 2 heteroatoms. The number of nitrogens with two attached hydrogens (primary N) is 1. The van der Waals surface area contributed by atoms with E-state index in [1.807, 2.05) is 12.1 Å². The minimum atomic E-state index is -0.501. The molecule has 0 bridgehead atoms. The fourth-order valence-corrected chi connectivity index (χ4v) is 7.44. The fraction of sp³-hybridized carbons (Fsp3) is 0.0204. The second kappa shape index (κ2) is 14.1. The van der Waals surface area contributed by atoms with Crippen molar-refractivity contribution in [2.24, 2.45) is 0 Å². The van der Waals surface area contributed by atoms with E-state index in [0.29, 0.717) is 0 Å². The molecule has 8 aromatic rings. The van der Waals surface area contributed by atoms with E-state index in [1.165, 1.54) is 27.8 Å². The van der Waals surface area contributed by atoms with Gasteiger partial charge in [0.25, 0.3) is 0 Å². The van der Waals surface area contributed by atoms with Crippen LogP contribution in [-0.4, -0.2) is 0 Å². The minimum Gasteiger partial charge on any atom is -0.399 e. The lowest BCUT2D eigenvalue weighted by Gasteiger charge is -2.37. The van der Waals surface area contributed by atoms with Crippen molar-refractivity contribution in [1.82, 2.24) is 0 Å². The van der Waals surface area contributed by atoms with Crippen molar-refractivity contribution >= 4 is 17.1 Å². The highest BCUT2D eigenvalue weighted by molar-refractivity contribution is 6.01. The van der Waals surface area contributed by atoms with Crippen molar-refractivity contribution in [2.75, 3.05) is 11.1 Å². The van der Waals surface area contributed by atoms with Crippen molar-refractivity contribution in [3.63, 3.8) is 0 Å². The number of nitrogen functional groups attached to an aromatic ring is 1. The Morgan fingerprint density at radius 1 is 0.333 bits per heavy atom. The van der Waals surface area contributed by atoms with Gasteiger partial charge >= 0.3 is 0 Å². The first-order chi connectivity index (χ1) is 25.2. The van der Waals surface area contributed by atoms with E-state index >= 15 is 0 Å². The Hall–Kier alpha value is -6.64. The van der Waals surface area contributed by atoms with E-state index in [9.17, 15) is 0 Å². The molecule has 0 amide bonds. The molecule has 0 aliphatic heterocycles. The molecule has 0 aliphatic carbocycles. The molecule has 0 atom stereocenters. The highest BCUT2D eigenvalue weighted by atomic mass is 14.9. The Morgan fingerprint density at radius 3 is 1.22 bits per heavy atom. The third-order valence-electron chi connectivity index (χ3n) is 9.77. The molecule has 2 nitrogen and oxygen atoms in total. The highest BCUT2D eigenvalue weighted by Crippen LogP contribution is 2.47. The summed E-state index contributed by atoms with van der Waals surface area (Å²) in [4.78, 5) is 0. The Kier molecular flexibility index (Phi) is 8.72. The molecule has 0 radical (unpaired) electrons. The molecule has 3 N–H and O–H groups in total. The summed E-state index contributed by atoms with van der Waals surface area (Å²) >= 11 is 0. The van der Waals surface area contributed by atoms with Crippen molar-refractivity contribution in [3.8, 4) is 33.4 Å². The third kappa shape index (κ3) is 6.09. The molecule has 0 unspecified atom stereocenters. The second-order valence-electron chi connectivity index (χ2n) is 12.8. The molecule has 0 saturated heterocycles. The summed E-state index contributed by atoms with van der Waals surface area (Å²) in [7, 11) is 0. The molecule has 0 aliphatic rings. The average molecular weight is 655 g/mol. The van der Waals surface area contributed by atoms with E-state index in [0.717, 1.165) is 44.9 Å². The van der Waals surface area contributed by atoms with Gasteiger partial charge in [0.15, 0.2) is 0 Å². The average Bonchev–Trinajstić information content (AvgIpc) is 3.21. The lowest BCUT2D eigenvalue weighted by Crippen LogP contribution is -2.30. The van der Waals surface area contributed by atoms with Gasteiger partial charge in [-0.25, -0.2) is 0 Å². The van der Waals surface area contributed by atoms with Crippen LogP contribution in [0, 0.1) is 0 Å². The first-order valence-electron chi connectivity index (χ1n) is 17.4. The van der Waals surface area contributed by atoms with Gasteiger partial charge in [-0.2, -0.15) is 0 Å². The number of anilines is 3. The van der Waals surface area contributed by atoms with Crippen LogP contribution in [-0.2, 0) is 5.41 Å². The van der Waals surface area contributed by atoms with Gasteiger partial charge in [0.05, 0.1) is 5.41 Å². The number of rotatable bonds is 9. The summed E-state index contributed by atoms with van der Waals surface area (Å²) in [6.07, 6.45) is 0. The molecule has 0 saturated carbocycles. The maximum absolute atomic E-state index is 6.11. The molecule has 0 aromatic heterocycles. The summed E-state index contributed by atoms with van der Waals surface area (Å²) in [5, 5.41) is 3.85. The first-order valence-corrected chi connectivity index (χ1v) is 17.4. The van der Waals surface area contributed by atoms with Crippen LogP contribution in [0.25, 0.3) is 33.4 Å². The van der Waals surface area contributed by atoms with Gasteiger partial charge in [0.1, 0.15) is 0 Å². The normalized spacial score (nSPS) is 11.2. The molecular weight excluding hydrogens is 617 g/mol. The number of hydrogen-bond acceptors (Lipinski definition) is 2. The molecule has 51 heavy (non-hydrogen) atoms. The number of benzene rings is 8. The van der Waals surface area contributed by atoms with E-state index < -0.39 is 5.41 Å². The Bertz CT molecular complexity index is 2240. The lowest BCUT2D eigenvalue weighted by atomic mass is 9.65. The number of hydrogen-bond donors (Lipinski definition) is 2. The summed E-state index contributed by atoms with van der Waals surface area (Å²) in [6.45, 7) is 0. The predicted molar refractivity (Wildman–Crippen MR) is 215 cm³/mol. The van der Waals surface area contributed by atoms with E-state index in [2.05, 4.69) is 206 Å². The first kappa shape index (κ1) is 31.6. The summed E-state index contributed by atoms with van der Waals surface area (Å²) in [5.41, 5.74) is 20.2. The van der Waals surface area contributed by atoms with Gasteiger partial charge in [-0.1, -0.05) is 182 Å². The molecule has 0 heterocycles. The van der Waals surface area contributed by atoms with Gasteiger partial charge in [0.2, 0.25) is 0 Å². The van der Waals surface area contributed by atoms with E-state index in [4.69, 9.17) is 5.73 Å². The molecule has 8 aromatic carbocycles. The summed E-state index contributed by atoms with van der Waals surface area (Å²) in [5.74, 6) is 0. The largest absolute Gasteiger partial charge is 0.399 e. The second-order valence-corrected chi connectivity index (χ2v) is 12.8. The van der Waals surface area contributed by atoms with Crippen LogP contribution < -0.4 is 11.1 Å². The van der Waals surface area contributed by atoms with Gasteiger partial charge in [-0.15, -0.1) is 0 Å². The van der Waals surface area contributed by atoms with Crippen molar-refractivity contribution in [2.45, 2.75) is 5.41 Å². The van der Waals surface area contributed by atoms with E-state index in [-0.39, 0.29) is 0 Å². The molecule has 0 fully saturated rings. The van der Waals surface area contributed by atoms with Gasteiger partial charge in [0, 0.05) is 22.6 Å². The molecule has 0 spiro atoms. The van der Waals surface area contributed by atoms with Crippen molar-refractivity contribution in [3.05, 3.63) is 235 Å². The zero-order valence-electron chi connectivity index (χ0n) is 28.3. The molecule has 8 rings (SSSR count). The fourth-order valence-electron chi connectivity index (χ4n) is 7.44. The maximum Gasteiger partial charge on any atom is 0.0701 e. The highest BCUT2D eigenvalue weighted by Gasteiger charge is 2.38. The van der Waals surface area contributed by atoms with Crippen molar-refractivity contribution < 1.29 is 0 Å². The van der Waals surface area contributed by atoms with Crippen LogP contribution in [0.4, 0.5) is 17.1 Å². The Labute approximate surface area is 300 Å². The van der Waals surface area contributed by atoms with E-state index in [1.54, 1.807) is 0 Å². The van der Waals surface area contributed by atoms with Gasteiger partial charge in [-0.3, -0.25) is 0 Å². The molecular formula is C49H38N2. The summed E-state index contributed by atoms with van der Waals surface area (Å²) in [6, 6.07) is 75.4. The Morgan fingerprint density at radius 2 is 0.745 bits per heavy atom. The topological polar surface area (TPSA) is 38.0 Å². The minimum absolute atomic E-state index is 0.501. The zero-order valence-corrected chi connectivity index (χ0v) is 28.3. The summed E-state index contributed by atoms with van der Waals surface area (Å²) < 4.78 is 0. The monoisotopic (exact) mass is 654 g/mol. The van der Waals surface area contributed by atoms with Crippen LogP contribution in [0.5, 0.6) is 0 Å². The van der Waals surface area contributed by atoms with Crippen LogP contribution in [0.2, 0.25) is 0 Å². The Balaban J connectivity index is 1.29. The van der Waals surface area contributed by atoms with Crippen molar-refractivity contribution in [1.29, 1.82) is 0 Å². The van der Waals surface area contributed by atoms with Gasteiger partial charge in [-0.05, 0) is 80.4 Å². The lowest BCUT2D eigenvalue weighted by molar-refractivity contribution is 0.745. The predicted octanol–water partition coefficient (Wildman–Crippen LogP) is 12.4. The van der Waals surface area contributed by atoms with Crippen LogP contribution in [0.15, 0.2) is 212 Å². The smallest absolute Gasteiger partial charge is 0.0701 e. The molecule has 244 valence electrons. The number of nitrogens with one attached hydrogen (secondary N) is 1. The zero-order chi connectivity index (χ0) is 34.5. The third-order valence-corrected chi connectivity index (χ3v) is 9.77. The van der Waals surface area contributed by atoms with Crippen LogP contribution in [0.1, 0.15) is 22.3 Å². The van der Waals surface area contributed by atoms with Gasteiger partial charge < -0.3 is 11.1 Å². The SMILES string of the molecule is Nc1ccc(-c2ccc(Nc3ccc(C(c4ccccc4)(c4ccccc4)c4ccccc4)cc3)c(-c3ccccc3)c2-c2ccccc2)cc1. The maximum atomic E-state index is 6.11. The van der Waals surface area contributed by atoms with Crippen LogP contribution in [0.3, 0.4) is 0 Å². The van der Waals surface area contributed by atoms with Crippen LogP contribution >= 0.6 is 0 Å². The standard InChI is InChI=1S/C49H38N2/c50-43-30-26-36(27-31-43)45-34-35-46(48(38-18-8-2-9-19-38)47(45)37-16-6-1-7-17-37)51-44-32-28-42(29-33-44)49(39-20-10-3-11-21-39,40-22-12-4-13-23-40)41-24-14-5-15-25-41/h1-35,51H,50H2.